The fourth-order valence-electron chi connectivity index (χ4n) is 1.40. The number of nitrogens with zero attached hydrogens (tertiary/aromatic N) is 1. The van der Waals surface area contributed by atoms with Crippen molar-refractivity contribution in [3.05, 3.63) is 28.2 Å². The molecule has 0 atom stereocenters. The molecule has 0 aliphatic carbocycles. The maximum atomic E-state index is 8.68. The average Bonchev–Trinajstić information content (AvgIpc) is 2.30. The Morgan fingerprint density at radius 2 is 2.17 bits per heavy atom. The van der Waals surface area contributed by atoms with Gasteiger partial charge in [-0.3, -0.25) is 0 Å². The van der Waals surface area contributed by atoms with Crippen LogP contribution in [0.4, 0.5) is 0 Å². The number of aryl methyl sites for hydroxylation is 1. The first kappa shape index (κ1) is 14.8. The van der Waals surface area contributed by atoms with Crippen LogP contribution in [0.15, 0.2) is 27.8 Å². The third kappa shape index (κ3) is 3.91. The van der Waals surface area contributed by atoms with Crippen LogP contribution in [0.3, 0.4) is 0 Å². The maximum Gasteiger partial charge on any atom is 0.144 e. The van der Waals surface area contributed by atoms with Crippen molar-refractivity contribution in [1.29, 1.82) is 0 Å². The highest BCUT2D eigenvalue weighted by Crippen LogP contribution is 2.27. The van der Waals surface area contributed by atoms with Gasteiger partial charge in [-0.2, -0.15) is 0 Å². The summed E-state index contributed by atoms with van der Waals surface area (Å²) >= 11 is 3.46. The van der Waals surface area contributed by atoms with E-state index in [0.29, 0.717) is 13.0 Å². The molecule has 0 saturated carbocycles. The van der Waals surface area contributed by atoms with E-state index >= 15 is 0 Å². The van der Waals surface area contributed by atoms with Crippen LogP contribution >= 0.6 is 15.9 Å². The molecule has 0 aliphatic rings. The smallest absolute Gasteiger partial charge is 0.144 e. The van der Waals surface area contributed by atoms with Gasteiger partial charge in [-0.15, -0.1) is 0 Å². The minimum absolute atomic E-state index is 0.217. The normalized spacial score (nSPS) is 12.6. The molecule has 0 unspecified atom stereocenters. The highest BCUT2D eigenvalue weighted by Gasteiger charge is 2.23. The summed E-state index contributed by atoms with van der Waals surface area (Å²) in [6.45, 7) is 6.35. The Balaban J connectivity index is 2.57. The summed E-state index contributed by atoms with van der Waals surface area (Å²) in [6.07, 6.45) is 0.670. The van der Waals surface area contributed by atoms with Gasteiger partial charge in [0.1, 0.15) is 11.6 Å². The molecule has 0 saturated heterocycles. The molecule has 0 radical (unpaired) electrons. The molecule has 100 valence electrons. The number of nitrogens with two attached hydrogens (primary N) is 1. The Hall–Kier alpha value is -1.23. The van der Waals surface area contributed by atoms with Crippen LogP contribution in [0.25, 0.3) is 0 Å². The van der Waals surface area contributed by atoms with E-state index in [1.54, 1.807) is 0 Å². The number of ether oxygens (including phenoxy) is 1. The molecule has 1 aromatic rings. The van der Waals surface area contributed by atoms with E-state index in [0.717, 1.165) is 10.2 Å². The summed E-state index contributed by atoms with van der Waals surface area (Å²) < 4.78 is 6.62. The van der Waals surface area contributed by atoms with E-state index in [1.807, 2.05) is 39.0 Å². The number of amidine groups is 1. The lowest BCUT2D eigenvalue weighted by Gasteiger charge is -2.22. The first-order chi connectivity index (χ1) is 8.36. The van der Waals surface area contributed by atoms with Crippen molar-refractivity contribution >= 4 is 21.8 Å². The second-order valence-corrected chi connectivity index (χ2v) is 5.76. The molecule has 0 fully saturated rings. The first-order valence-corrected chi connectivity index (χ1v) is 6.53. The van der Waals surface area contributed by atoms with Crippen molar-refractivity contribution in [2.45, 2.75) is 27.2 Å². The molecule has 18 heavy (non-hydrogen) atoms. The van der Waals surface area contributed by atoms with E-state index in [9.17, 15) is 0 Å². The summed E-state index contributed by atoms with van der Waals surface area (Å²) in [7, 11) is 0. The Morgan fingerprint density at radius 3 is 2.72 bits per heavy atom. The van der Waals surface area contributed by atoms with Crippen molar-refractivity contribution in [3.8, 4) is 5.75 Å². The number of halogens is 1. The predicted octanol–water partition coefficient (Wildman–Crippen LogP) is 3.30. The molecule has 0 bridgehead atoms. The van der Waals surface area contributed by atoms with Gasteiger partial charge in [-0.1, -0.05) is 25.1 Å². The van der Waals surface area contributed by atoms with Crippen LogP contribution in [0.2, 0.25) is 0 Å². The summed E-state index contributed by atoms with van der Waals surface area (Å²) in [4.78, 5) is 0. The van der Waals surface area contributed by atoms with Crippen LogP contribution in [0.1, 0.15) is 25.8 Å². The van der Waals surface area contributed by atoms with Gasteiger partial charge in [-0.05, 0) is 47.0 Å². The quantitative estimate of drug-likeness (QED) is 0.379. The topological polar surface area (TPSA) is 67.8 Å². The second-order valence-electron chi connectivity index (χ2n) is 4.90. The minimum atomic E-state index is -0.383. The van der Waals surface area contributed by atoms with E-state index in [-0.39, 0.29) is 11.3 Å². The lowest BCUT2D eigenvalue weighted by Crippen LogP contribution is -2.33. The molecule has 1 rings (SSSR count). The van der Waals surface area contributed by atoms with Crippen molar-refractivity contribution in [2.75, 3.05) is 6.61 Å². The summed E-state index contributed by atoms with van der Waals surface area (Å²) in [5.74, 6) is 1.02. The van der Waals surface area contributed by atoms with Crippen LogP contribution in [0.5, 0.6) is 5.75 Å². The fraction of sp³-hybridized carbons (Fsp3) is 0.462. The fourth-order valence-corrected chi connectivity index (χ4v) is 2.01. The number of benzene rings is 1. The summed E-state index contributed by atoms with van der Waals surface area (Å²) in [5, 5.41) is 11.7. The largest absolute Gasteiger partial charge is 0.492 e. The van der Waals surface area contributed by atoms with Crippen molar-refractivity contribution in [1.82, 2.24) is 0 Å². The van der Waals surface area contributed by atoms with E-state index in [1.165, 1.54) is 5.56 Å². The third-order valence-corrected chi connectivity index (χ3v) is 3.49. The molecule has 0 spiro atoms. The van der Waals surface area contributed by atoms with Gasteiger partial charge < -0.3 is 15.7 Å². The zero-order chi connectivity index (χ0) is 13.8. The van der Waals surface area contributed by atoms with Crippen molar-refractivity contribution in [3.63, 3.8) is 0 Å². The summed E-state index contributed by atoms with van der Waals surface area (Å²) in [5.41, 5.74) is 6.40. The van der Waals surface area contributed by atoms with Crippen LogP contribution in [-0.2, 0) is 0 Å². The van der Waals surface area contributed by atoms with E-state index in [2.05, 4.69) is 21.1 Å². The third-order valence-electron chi connectivity index (χ3n) is 2.87. The van der Waals surface area contributed by atoms with Gasteiger partial charge >= 0.3 is 0 Å². The van der Waals surface area contributed by atoms with Gasteiger partial charge in [0.2, 0.25) is 0 Å². The Kier molecular flexibility index (Phi) is 5.02. The lowest BCUT2D eigenvalue weighted by atomic mass is 9.88. The highest BCUT2D eigenvalue weighted by atomic mass is 79.9. The molecule has 0 aliphatic heterocycles. The SMILES string of the molecule is Cc1ccc(OCCC(C)(C)C(N)=NO)c(Br)c1. The highest BCUT2D eigenvalue weighted by molar-refractivity contribution is 9.10. The van der Waals surface area contributed by atoms with Crippen molar-refractivity contribution in [2.24, 2.45) is 16.3 Å². The standard InChI is InChI=1S/C13H19BrN2O2/c1-9-4-5-11(10(14)8-9)18-7-6-13(2,3)12(15)16-17/h4-5,8,17H,6-7H2,1-3H3,(H2,15,16). The predicted molar refractivity (Wildman–Crippen MR) is 76.2 cm³/mol. The summed E-state index contributed by atoms with van der Waals surface area (Å²) in [6, 6.07) is 5.93. The molecule has 5 heteroatoms. The van der Waals surface area contributed by atoms with Crippen LogP contribution in [-0.4, -0.2) is 17.6 Å². The zero-order valence-electron chi connectivity index (χ0n) is 10.9. The molecule has 0 heterocycles. The Bertz CT molecular complexity index is 445. The average molecular weight is 315 g/mol. The number of rotatable bonds is 5. The molecular formula is C13H19BrN2O2. The molecule has 4 nitrogen and oxygen atoms in total. The minimum Gasteiger partial charge on any atom is -0.492 e. The second kappa shape index (κ2) is 6.09. The van der Waals surface area contributed by atoms with Gasteiger partial charge in [-0.25, -0.2) is 0 Å². The zero-order valence-corrected chi connectivity index (χ0v) is 12.5. The van der Waals surface area contributed by atoms with E-state index in [4.69, 9.17) is 15.7 Å². The van der Waals surface area contributed by atoms with E-state index < -0.39 is 0 Å². The van der Waals surface area contributed by atoms with Crippen LogP contribution in [0, 0.1) is 12.3 Å². The number of oxime groups is 1. The first-order valence-electron chi connectivity index (χ1n) is 5.74. The Labute approximate surface area is 116 Å². The molecular weight excluding hydrogens is 296 g/mol. The van der Waals surface area contributed by atoms with Crippen LogP contribution < -0.4 is 10.5 Å². The molecule has 0 aromatic heterocycles. The van der Waals surface area contributed by atoms with Crippen molar-refractivity contribution < 1.29 is 9.94 Å². The van der Waals surface area contributed by atoms with Gasteiger partial charge in [0.05, 0.1) is 11.1 Å². The monoisotopic (exact) mass is 314 g/mol. The van der Waals surface area contributed by atoms with Gasteiger partial charge in [0.25, 0.3) is 0 Å². The lowest BCUT2D eigenvalue weighted by molar-refractivity contribution is 0.258. The van der Waals surface area contributed by atoms with Gasteiger partial charge in [0.15, 0.2) is 0 Å². The van der Waals surface area contributed by atoms with Gasteiger partial charge in [0, 0.05) is 5.41 Å². The molecule has 3 N–H and O–H groups in total. The number of hydrogen-bond acceptors (Lipinski definition) is 3. The number of hydrogen-bond donors (Lipinski definition) is 2. The maximum absolute atomic E-state index is 8.68. The Morgan fingerprint density at radius 1 is 1.50 bits per heavy atom. The molecule has 1 aromatic carbocycles. The molecule has 0 amide bonds.